The van der Waals surface area contributed by atoms with E-state index in [0.717, 1.165) is 18.8 Å². The predicted molar refractivity (Wildman–Crippen MR) is 55.1 cm³/mol. The summed E-state index contributed by atoms with van der Waals surface area (Å²) in [5.74, 6) is 0.889. The molecule has 1 unspecified atom stereocenters. The second-order valence-corrected chi connectivity index (χ2v) is 5.14. The van der Waals surface area contributed by atoms with Gasteiger partial charge >= 0.3 is 0 Å². The molecular weight excluding hydrogens is 160 g/mol. The topological polar surface area (TPSA) is 27.1 Å². The first-order valence-electron chi connectivity index (χ1n) is 5.45. The molecule has 1 aliphatic carbocycles. The van der Waals surface area contributed by atoms with E-state index < -0.39 is 0 Å². The smallest absolute Gasteiger partial charge is 0.0961 e. The highest BCUT2D eigenvalue weighted by Gasteiger charge is 2.40. The minimum atomic E-state index is 0.441. The fraction of sp³-hybridized carbons (Fsp3) is 0.909. The van der Waals surface area contributed by atoms with Gasteiger partial charge in [0.25, 0.3) is 0 Å². The zero-order valence-electron chi connectivity index (χ0n) is 8.77. The number of hydrogen-bond acceptors (Lipinski definition) is 1. The molecule has 0 aromatic carbocycles. The van der Waals surface area contributed by atoms with Crippen LogP contribution < -0.4 is 0 Å². The average molecular weight is 180 g/mol. The lowest BCUT2D eigenvalue weighted by Crippen LogP contribution is -2.42. The van der Waals surface area contributed by atoms with Crippen LogP contribution in [0.25, 0.3) is 0 Å². The Labute approximate surface area is 80.8 Å². The molecule has 2 heteroatoms. The summed E-state index contributed by atoms with van der Waals surface area (Å²) >= 11 is 0. The van der Waals surface area contributed by atoms with Crippen molar-refractivity contribution in [3.05, 3.63) is 0 Å². The summed E-state index contributed by atoms with van der Waals surface area (Å²) in [4.78, 5) is 2.35. The van der Waals surface area contributed by atoms with Gasteiger partial charge in [-0.15, -0.1) is 0 Å². The lowest BCUT2D eigenvalue weighted by atomic mass is 9.86. The van der Waals surface area contributed by atoms with Crippen LogP contribution in [0.3, 0.4) is 0 Å². The number of likely N-dealkylation sites (tertiary alicyclic amines) is 1. The lowest BCUT2D eigenvalue weighted by molar-refractivity contribution is 0.193. The molecule has 1 heterocycles. The van der Waals surface area contributed by atoms with Crippen LogP contribution in [0.1, 0.15) is 46.0 Å². The van der Waals surface area contributed by atoms with E-state index >= 15 is 0 Å². The highest BCUT2D eigenvalue weighted by atomic mass is 15.2. The Morgan fingerprint density at radius 3 is 2.62 bits per heavy atom. The second-order valence-electron chi connectivity index (χ2n) is 5.14. The molecule has 2 nitrogen and oxygen atoms in total. The third-order valence-electron chi connectivity index (χ3n) is 3.74. The van der Waals surface area contributed by atoms with Crippen LogP contribution in [0.15, 0.2) is 0 Å². The van der Waals surface area contributed by atoms with E-state index in [2.05, 4.69) is 18.7 Å². The third kappa shape index (κ3) is 1.47. The van der Waals surface area contributed by atoms with E-state index in [-0.39, 0.29) is 0 Å². The number of amidine groups is 1. The highest BCUT2D eigenvalue weighted by molar-refractivity contribution is 5.81. The molecule has 74 valence electrons. The lowest BCUT2D eigenvalue weighted by Gasteiger charge is -2.36. The Morgan fingerprint density at radius 2 is 2.15 bits per heavy atom. The molecule has 1 aliphatic heterocycles. The van der Waals surface area contributed by atoms with Crippen LogP contribution in [-0.2, 0) is 0 Å². The molecule has 13 heavy (non-hydrogen) atoms. The predicted octanol–water partition coefficient (Wildman–Crippen LogP) is 2.64. The van der Waals surface area contributed by atoms with Crippen molar-refractivity contribution in [3.8, 4) is 0 Å². The molecule has 1 saturated heterocycles. The molecule has 0 spiro atoms. The highest BCUT2D eigenvalue weighted by Crippen LogP contribution is 2.41. The zero-order valence-corrected chi connectivity index (χ0v) is 8.77. The minimum Gasteiger partial charge on any atom is -0.357 e. The monoisotopic (exact) mass is 180 g/mol. The number of nitrogens with one attached hydrogen (secondary N) is 1. The van der Waals surface area contributed by atoms with Crippen LogP contribution in [0.4, 0.5) is 0 Å². The molecule has 1 N–H and O–H groups in total. The van der Waals surface area contributed by atoms with Gasteiger partial charge in [-0.25, -0.2) is 0 Å². The standard InChI is InChI=1S/C11H20N2/c1-11(2)7-3-5-9(11)13-8-4-6-10(13)12/h9,12H,3-8H2,1-2H3. The van der Waals surface area contributed by atoms with Gasteiger partial charge in [-0.1, -0.05) is 20.3 Å². The molecule has 2 fully saturated rings. The first kappa shape index (κ1) is 9.04. The van der Waals surface area contributed by atoms with Crippen LogP contribution in [0.2, 0.25) is 0 Å². The first-order chi connectivity index (χ1) is 6.11. The van der Waals surface area contributed by atoms with Crippen molar-refractivity contribution in [2.45, 2.75) is 52.0 Å². The van der Waals surface area contributed by atoms with Crippen molar-refractivity contribution >= 4 is 5.84 Å². The summed E-state index contributed by atoms with van der Waals surface area (Å²) in [5.41, 5.74) is 0.441. The molecule has 0 aromatic rings. The third-order valence-corrected chi connectivity index (χ3v) is 3.74. The summed E-state index contributed by atoms with van der Waals surface area (Å²) in [6, 6.07) is 0.655. The van der Waals surface area contributed by atoms with E-state index in [9.17, 15) is 0 Å². The maximum absolute atomic E-state index is 7.87. The fourth-order valence-corrected chi connectivity index (χ4v) is 2.93. The fourth-order valence-electron chi connectivity index (χ4n) is 2.93. The van der Waals surface area contributed by atoms with E-state index in [4.69, 9.17) is 5.41 Å². The quantitative estimate of drug-likeness (QED) is 0.660. The van der Waals surface area contributed by atoms with Crippen molar-refractivity contribution < 1.29 is 0 Å². The molecule has 0 bridgehead atoms. The molecule has 1 saturated carbocycles. The zero-order chi connectivity index (χ0) is 9.47. The Kier molecular flexibility index (Phi) is 2.09. The number of rotatable bonds is 1. The summed E-state index contributed by atoms with van der Waals surface area (Å²) in [7, 11) is 0. The van der Waals surface area contributed by atoms with Crippen molar-refractivity contribution in [3.63, 3.8) is 0 Å². The number of hydrogen-bond donors (Lipinski definition) is 1. The van der Waals surface area contributed by atoms with Crippen molar-refractivity contribution in [2.24, 2.45) is 5.41 Å². The Morgan fingerprint density at radius 1 is 1.38 bits per heavy atom. The summed E-state index contributed by atoms with van der Waals surface area (Å²) in [6.45, 7) is 5.85. The van der Waals surface area contributed by atoms with Gasteiger partial charge in [-0.2, -0.15) is 0 Å². The van der Waals surface area contributed by atoms with E-state index in [0.29, 0.717) is 11.5 Å². The van der Waals surface area contributed by atoms with Gasteiger partial charge in [-0.3, -0.25) is 5.41 Å². The number of nitrogens with zero attached hydrogens (tertiary/aromatic N) is 1. The Balaban J connectivity index is 2.11. The van der Waals surface area contributed by atoms with Crippen LogP contribution in [0, 0.1) is 10.8 Å². The molecule has 1 atom stereocenters. The molecule has 0 aromatic heterocycles. The van der Waals surface area contributed by atoms with Gasteiger partial charge in [0, 0.05) is 19.0 Å². The van der Waals surface area contributed by atoms with Crippen LogP contribution in [0.5, 0.6) is 0 Å². The van der Waals surface area contributed by atoms with Gasteiger partial charge in [0.05, 0.1) is 5.84 Å². The van der Waals surface area contributed by atoms with E-state index in [1.54, 1.807) is 0 Å². The summed E-state index contributed by atoms with van der Waals surface area (Å²) < 4.78 is 0. The van der Waals surface area contributed by atoms with Gasteiger partial charge < -0.3 is 4.90 Å². The largest absolute Gasteiger partial charge is 0.357 e. The van der Waals surface area contributed by atoms with Gasteiger partial charge in [0.15, 0.2) is 0 Å². The van der Waals surface area contributed by atoms with Crippen molar-refractivity contribution in [1.82, 2.24) is 4.90 Å². The van der Waals surface area contributed by atoms with Crippen molar-refractivity contribution in [1.29, 1.82) is 5.41 Å². The molecule has 2 aliphatic rings. The molecule has 2 rings (SSSR count). The van der Waals surface area contributed by atoms with E-state index in [1.165, 1.54) is 25.7 Å². The second kappa shape index (κ2) is 3.00. The van der Waals surface area contributed by atoms with Gasteiger partial charge in [-0.05, 0) is 24.7 Å². The Hall–Kier alpha value is -0.530. The van der Waals surface area contributed by atoms with Gasteiger partial charge in [0.2, 0.25) is 0 Å². The molecular formula is C11H20N2. The maximum atomic E-state index is 7.87. The van der Waals surface area contributed by atoms with Crippen LogP contribution >= 0.6 is 0 Å². The average Bonchev–Trinajstić information content (AvgIpc) is 2.56. The van der Waals surface area contributed by atoms with Crippen LogP contribution in [-0.4, -0.2) is 23.3 Å². The normalized spacial score (nSPS) is 32.9. The first-order valence-corrected chi connectivity index (χ1v) is 5.45. The minimum absolute atomic E-state index is 0.441. The van der Waals surface area contributed by atoms with Gasteiger partial charge in [0.1, 0.15) is 0 Å². The van der Waals surface area contributed by atoms with E-state index in [1.807, 2.05) is 0 Å². The van der Waals surface area contributed by atoms with Crippen molar-refractivity contribution in [2.75, 3.05) is 6.54 Å². The Bertz CT molecular complexity index is 220. The summed E-state index contributed by atoms with van der Waals surface area (Å²) in [6.07, 6.45) is 6.19. The summed E-state index contributed by atoms with van der Waals surface area (Å²) in [5, 5.41) is 7.87. The molecule has 0 amide bonds. The SMILES string of the molecule is CC1(C)CCCC1N1CCCC1=N. The molecule has 0 radical (unpaired) electrons. The maximum Gasteiger partial charge on any atom is 0.0961 e.